The quantitative estimate of drug-likeness (QED) is 0.843. The van der Waals surface area contributed by atoms with E-state index in [1.54, 1.807) is 0 Å². The molecular formula is C16H17NOS. The fourth-order valence-corrected chi connectivity index (χ4v) is 3.50. The van der Waals surface area contributed by atoms with E-state index in [0.717, 1.165) is 30.8 Å². The summed E-state index contributed by atoms with van der Waals surface area (Å²) in [6, 6.07) is 12.4. The molecule has 3 rings (SSSR count). The van der Waals surface area contributed by atoms with E-state index < -0.39 is 0 Å². The normalized spacial score (nSPS) is 14.6. The maximum atomic E-state index is 11.9. The molecule has 1 aromatic carbocycles. The summed E-state index contributed by atoms with van der Waals surface area (Å²) in [5.74, 6) is 0.271. The largest absolute Gasteiger partial charge is 0.365 e. The molecule has 1 aliphatic rings. The van der Waals surface area contributed by atoms with E-state index in [1.807, 2.05) is 29.5 Å². The van der Waals surface area contributed by atoms with Gasteiger partial charge >= 0.3 is 0 Å². The Balaban J connectivity index is 1.86. The van der Waals surface area contributed by atoms with Crippen LogP contribution in [0.25, 0.3) is 0 Å². The van der Waals surface area contributed by atoms with Crippen LogP contribution in [0, 0.1) is 0 Å². The van der Waals surface area contributed by atoms with Crippen molar-refractivity contribution >= 4 is 22.8 Å². The van der Waals surface area contributed by atoms with Crippen molar-refractivity contribution in [2.45, 2.75) is 26.3 Å². The van der Waals surface area contributed by atoms with Crippen LogP contribution < -0.4 is 4.90 Å². The number of fused-ring (bicyclic) bond motifs is 1. The van der Waals surface area contributed by atoms with Gasteiger partial charge < -0.3 is 4.90 Å². The van der Waals surface area contributed by atoms with Crippen LogP contribution in [0.15, 0.2) is 36.4 Å². The molecule has 98 valence electrons. The van der Waals surface area contributed by atoms with Gasteiger partial charge in [0.05, 0.1) is 6.54 Å². The van der Waals surface area contributed by atoms with Gasteiger partial charge in [0.1, 0.15) is 0 Å². The van der Waals surface area contributed by atoms with E-state index in [4.69, 9.17) is 0 Å². The van der Waals surface area contributed by atoms with Gasteiger partial charge in [-0.05, 0) is 30.7 Å². The SMILES string of the molecule is CCc1ccc(CN2CCC(=O)c3ccccc32)s1. The van der Waals surface area contributed by atoms with Crippen molar-refractivity contribution in [1.29, 1.82) is 0 Å². The summed E-state index contributed by atoms with van der Waals surface area (Å²) < 4.78 is 0. The minimum atomic E-state index is 0.271. The second-order valence-corrected chi connectivity index (χ2v) is 6.09. The number of hydrogen-bond donors (Lipinski definition) is 0. The maximum Gasteiger partial charge on any atom is 0.166 e. The number of benzene rings is 1. The van der Waals surface area contributed by atoms with Gasteiger partial charge in [-0.15, -0.1) is 11.3 Å². The fourth-order valence-electron chi connectivity index (χ4n) is 2.53. The van der Waals surface area contributed by atoms with Crippen LogP contribution in [0.5, 0.6) is 0 Å². The molecule has 2 aromatic rings. The van der Waals surface area contributed by atoms with Gasteiger partial charge in [-0.3, -0.25) is 4.79 Å². The zero-order chi connectivity index (χ0) is 13.2. The van der Waals surface area contributed by atoms with Crippen molar-refractivity contribution in [3.63, 3.8) is 0 Å². The average molecular weight is 271 g/mol. The second kappa shape index (κ2) is 5.17. The van der Waals surface area contributed by atoms with Gasteiger partial charge in [0, 0.05) is 34.0 Å². The first-order valence-electron chi connectivity index (χ1n) is 6.72. The number of hydrogen-bond acceptors (Lipinski definition) is 3. The first-order valence-corrected chi connectivity index (χ1v) is 7.54. The lowest BCUT2D eigenvalue weighted by Crippen LogP contribution is -2.31. The van der Waals surface area contributed by atoms with E-state index in [1.165, 1.54) is 9.75 Å². The van der Waals surface area contributed by atoms with Crippen LogP contribution in [0.4, 0.5) is 5.69 Å². The molecule has 0 saturated heterocycles. The van der Waals surface area contributed by atoms with Crippen LogP contribution in [0.3, 0.4) is 0 Å². The highest BCUT2D eigenvalue weighted by molar-refractivity contribution is 7.12. The summed E-state index contributed by atoms with van der Waals surface area (Å²) >= 11 is 1.88. The van der Waals surface area contributed by atoms with Gasteiger partial charge in [0.25, 0.3) is 0 Å². The average Bonchev–Trinajstić information content (AvgIpc) is 2.90. The van der Waals surface area contributed by atoms with Gasteiger partial charge in [-0.25, -0.2) is 0 Å². The van der Waals surface area contributed by atoms with Crippen molar-refractivity contribution < 1.29 is 4.79 Å². The Labute approximate surface area is 117 Å². The molecule has 0 aliphatic carbocycles. The van der Waals surface area contributed by atoms with Gasteiger partial charge in [-0.1, -0.05) is 19.1 Å². The summed E-state index contributed by atoms with van der Waals surface area (Å²) in [4.78, 5) is 17.0. The maximum absolute atomic E-state index is 11.9. The van der Waals surface area contributed by atoms with Crippen molar-refractivity contribution in [3.05, 3.63) is 51.7 Å². The number of aryl methyl sites for hydroxylation is 1. The molecule has 3 heteroatoms. The first kappa shape index (κ1) is 12.4. The lowest BCUT2D eigenvalue weighted by molar-refractivity contribution is 0.0979. The molecule has 0 N–H and O–H groups in total. The Kier molecular flexibility index (Phi) is 3.38. The number of thiophene rings is 1. The zero-order valence-electron chi connectivity index (χ0n) is 11.1. The molecular weight excluding hydrogens is 254 g/mol. The molecule has 2 nitrogen and oxygen atoms in total. The molecule has 0 radical (unpaired) electrons. The molecule has 0 amide bonds. The van der Waals surface area contributed by atoms with Crippen LogP contribution in [-0.2, 0) is 13.0 Å². The van der Waals surface area contributed by atoms with Crippen LogP contribution >= 0.6 is 11.3 Å². The monoisotopic (exact) mass is 271 g/mol. The van der Waals surface area contributed by atoms with E-state index in [0.29, 0.717) is 6.42 Å². The van der Waals surface area contributed by atoms with E-state index in [9.17, 15) is 4.79 Å². The van der Waals surface area contributed by atoms with Crippen molar-refractivity contribution in [3.8, 4) is 0 Å². The Bertz CT molecular complexity index is 602. The number of nitrogens with zero attached hydrogens (tertiary/aromatic N) is 1. The number of carbonyl (C=O) groups is 1. The van der Waals surface area contributed by atoms with Crippen LogP contribution in [0.2, 0.25) is 0 Å². The number of rotatable bonds is 3. The molecule has 0 atom stereocenters. The van der Waals surface area contributed by atoms with Crippen molar-refractivity contribution in [2.24, 2.45) is 0 Å². The highest BCUT2D eigenvalue weighted by Crippen LogP contribution is 2.29. The number of Topliss-reactive ketones (excluding diaryl/α,β-unsaturated/α-hetero) is 1. The molecule has 0 unspecified atom stereocenters. The number of carbonyl (C=O) groups excluding carboxylic acids is 1. The number of para-hydroxylation sites is 1. The minimum Gasteiger partial charge on any atom is -0.365 e. The van der Waals surface area contributed by atoms with E-state index in [-0.39, 0.29) is 5.78 Å². The first-order chi connectivity index (χ1) is 9.28. The molecule has 1 aliphatic heterocycles. The lowest BCUT2D eigenvalue weighted by atomic mass is 10.0. The topological polar surface area (TPSA) is 20.3 Å². The second-order valence-electron chi connectivity index (χ2n) is 4.83. The standard InChI is InChI=1S/C16H17NOS/c1-2-12-7-8-13(19-12)11-17-10-9-16(18)14-5-3-4-6-15(14)17/h3-8H,2,9-11H2,1H3. The summed E-state index contributed by atoms with van der Waals surface area (Å²) in [5.41, 5.74) is 1.96. The number of ketones is 1. The number of anilines is 1. The summed E-state index contributed by atoms with van der Waals surface area (Å²) in [6.45, 7) is 3.93. The van der Waals surface area contributed by atoms with Crippen molar-refractivity contribution in [2.75, 3.05) is 11.4 Å². The summed E-state index contributed by atoms with van der Waals surface area (Å²) in [5, 5.41) is 0. The molecule has 19 heavy (non-hydrogen) atoms. The summed E-state index contributed by atoms with van der Waals surface area (Å²) in [7, 11) is 0. The molecule has 0 bridgehead atoms. The molecule has 0 fully saturated rings. The van der Waals surface area contributed by atoms with Crippen molar-refractivity contribution in [1.82, 2.24) is 0 Å². The summed E-state index contributed by atoms with van der Waals surface area (Å²) in [6.07, 6.45) is 1.72. The van der Waals surface area contributed by atoms with Crippen LogP contribution in [-0.4, -0.2) is 12.3 Å². The molecule has 2 heterocycles. The van der Waals surface area contributed by atoms with Gasteiger partial charge in [-0.2, -0.15) is 0 Å². The Morgan fingerprint density at radius 1 is 1.16 bits per heavy atom. The molecule has 0 saturated carbocycles. The highest BCUT2D eigenvalue weighted by Gasteiger charge is 2.22. The van der Waals surface area contributed by atoms with Crippen LogP contribution in [0.1, 0.15) is 33.5 Å². The zero-order valence-corrected chi connectivity index (χ0v) is 11.9. The third kappa shape index (κ3) is 2.43. The Morgan fingerprint density at radius 2 is 1.95 bits per heavy atom. The fraction of sp³-hybridized carbons (Fsp3) is 0.312. The minimum absolute atomic E-state index is 0.271. The smallest absolute Gasteiger partial charge is 0.166 e. The Hall–Kier alpha value is -1.61. The molecule has 0 spiro atoms. The third-order valence-corrected chi connectivity index (χ3v) is 4.78. The predicted octanol–water partition coefficient (Wildman–Crippen LogP) is 3.90. The third-order valence-electron chi connectivity index (χ3n) is 3.57. The molecule has 1 aromatic heterocycles. The predicted molar refractivity (Wildman–Crippen MR) is 80.1 cm³/mol. The highest BCUT2D eigenvalue weighted by atomic mass is 32.1. The van der Waals surface area contributed by atoms with Gasteiger partial charge in [0.2, 0.25) is 0 Å². The van der Waals surface area contributed by atoms with E-state index in [2.05, 4.69) is 30.0 Å². The van der Waals surface area contributed by atoms with Gasteiger partial charge in [0.15, 0.2) is 5.78 Å². The van der Waals surface area contributed by atoms with E-state index >= 15 is 0 Å². The lowest BCUT2D eigenvalue weighted by Gasteiger charge is -2.30. The Morgan fingerprint density at radius 3 is 2.74 bits per heavy atom.